The first-order valence-corrected chi connectivity index (χ1v) is 10.2. The van der Waals surface area contributed by atoms with Gasteiger partial charge in [-0.15, -0.1) is 0 Å². The van der Waals surface area contributed by atoms with Gasteiger partial charge >= 0.3 is 0 Å². The van der Waals surface area contributed by atoms with Crippen molar-refractivity contribution in [1.82, 2.24) is 15.3 Å². The Hall–Kier alpha value is -2.32. The van der Waals surface area contributed by atoms with Crippen LogP contribution >= 0.6 is 23.2 Å². The van der Waals surface area contributed by atoms with E-state index in [2.05, 4.69) is 26.7 Å². The van der Waals surface area contributed by atoms with E-state index in [0.29, 0.717) is 27.7 Å². The Balaban J connectivity index is 0.000000386. The van der Waals surface area contributed by atoms with Gasteiger partial charge in [0.25, 0.3) is 5.91 Å². The summed E-state index contributed by atoms with van der Waals surface area (Å²) in [5, 5.41) is 25.3. The Morgan fingerprint density at radius 2 is 2.10 bits per heavy atom. The van der Waals surface area contributed by atoms with E-state index in [1.165, 1.54) is 6.20 Å². The molecule has 0 fully saturated rings. The van der Waals surface area contributed by atoms with Crippen LogP contribution in [0.2, 0.25) is 5.02 Å². The number of aliphatic hydroxyl groups is 2. The minimum Gasteiger partial charge on any atom is -0.395 e. The van der Waals surface area contributed by atoms with Gasteiger partial charge in [0.2, 0.25) is 0 Å². The summed E-state index contributed by atoms with van der Waals surface area (Å²) in [7, 11) is 0. The number of aromatic amines is 1. The molecule has 1 aliphatic rings. The second kappa shape index (κ2) is 11.2. The van der Waals surface area contributed by atoms with Crippen LogP contribution in [0, 0.1) is 0 Å². The normalized spacial score (nSPS) is 13.2. The number of nitrogens with zero attached hydrogens (tertiary/aromatic N) is 1. The van der Waals surface area contributed by atoms with Gasteiger partial charge in [0.15, 0.2) is 0 Å². The van der Waals surface area contributed by atoms with E-state index in [1.807, 2.05) is 12.2 Å². The van der Waals surface area contributed by atoms with E-state index in [9.17, 15) is 9.90 Å². The Kier molecular flexibility index (Phi) is 8.92. The number of carbonyl (C=O) groups excluding carboxylic acids is 1. The van der Waals surface area contributed by atoms with Crippen molar-refractivity contribution in [3.63, 3.8) is 0 Å². The highest BCUT2D eigenvalue weighted by atomic mass is 35.5. The van der Waals surface area contributed by atoms with Gasteiger partial charge in [-0.05, 0) is 44.9 Å². The number of hydrogen-bond acceptors (Lipinski definition) is 5. The molecule has 1 aliphatic carbocycles. The summed E-state index contributed by atoms with van der Waals surface area (Å²) >= 11 is 11.8. The minimum atomic E-state index is -1.12. The number of aromatic nitrogens is 2. The number of H-pyrrole nitrogens is 1. The molecule has 0 radical (unpaired) electrons. The number of hydrogen-bond donors (Lipinski definition) is 5. The monoisotopic (exact) mass is 452 g/mol. The van der Waals surface area contributed by atoms with Gasteiger partial charge in [-0.2, -0.15) is 0 Å². The molecule has 2 heterocycles. The molecule has 0 bridgehead atoms. The average molecular weight is 453 g/mol. The van der Waals surface area contributed by atoms with Crippen LogP contribution < -0.4 is 10.6 Å². The summed E-state index contributed by atoms with van der Waals surface area (Å²) in [6, 6.07) is 3.35. The van der Waals surface area contributed by atoms with Gasteiger partial charge in [-0.25, -0.2) is 4.98 Å². The summed E-state index contributed by atoms with van der Waals surface area (Å²) in [5.74, 6) is 0.148. The first-order chi connectivity index (χ1) is 14.2. The number of anilines is 1. The van der Waals surface area contributed by atoms with Gasteiger partial charge in [0, 0.05) is 35.1 Å². The Labute approximate surface area is 185 Å². The van der Waals surface area contributed by atoms with Crippen LogP contribution in [0.15, 0.2) is 47.8 Å². The second-order valence-corrected chi connectivity index (χ2v) is 7.99. The van der Waals surface area contributed by atoms with Crippen molar-refractivity contribution in [2.75, 3.05) is 18.5 Å². The summed E-state index contributed by atoms with van der Waals surface area (Å²) in [6.45, 7) is 3.26. The van der Waals surface area contributed by atoms with Crippen LogP contribution in [0.4, 0.5) is 5.82 Å². The lowest BCUT2D eigenvalue weighted by molar-refractivity contribution is 0.0940. The van der Waals surface area contributed by atoms with Crippen LogP contribution in [0.25, 0.3) is 11.1 Å². The zero-order valence-electron chi connectivity index (χ0n) is 16.9. The fourth-order valence-corrected chi connectivity index (χ4v) is 2.95. The predicted molar refractivity (Wildman–Crippen MR) is 121 cm³/mol. The van der Waals surface area contributed by atoms with Gasteiger partial charge in [-0.3, -0.25) is 4.79 Å². The molecule has 30 heavy (non-hydrogen) atoms. The van der Waals surface area contributed by atoms with E-state index in [-0.39, 0.29) is 19.1 Å². The zero-order valence-corrected chi connectivity index (χ0v) is 18.4. The van der Waals surface area contributed by atoms with Gasteiger partial charge in [-0.1, -0.05) is 35.4 Å². The van der Waals surface area contributed by atoms with E-state index >= 15 is 0 Å². The summed E-state index contributed by atoms with van der Waals surface area (Å²) in [4.78, 5) is 18.8. The number of aliphatic hydroxyl groups excluding tert-OH is 1. The molecule has 0 saturated heterocycles. The number of rotatable bonds is 6. The number of allylic oxidation sites excluding steroid dienone is 4. The Morgan fingerprint density at radius 3 is 2.67 bits per heavy atom. The minimum absolute atomic E-state index is 0.124. The van der Waals surface area contributed by atoms with Crippen molar-refractivity contribution in [1.29, 1.82) is 0 Å². The van der Waals surface area contributed by atoms with Gasteiger partial charge < -0.3 is 25.8 Å². The maximum atomic E-state index is 11.8. The molecule has 0 atom stereocenters. The highest BCUT2D eigenvalue weighted by Gasteiger charge is 2.15. The molecule has 2 aromatic heterocycles. The molecular formula is C21H26Cl2N4O3. The maximum Gasteiger partial charge on any atom is 0.267 e. The molecule has 0 saturated carbocycles. The number of nitrogens with one attached hydrogen (secondary N) is 3. The fourth-order valence-electron chi connectivity index (χ4n) is 2.56. The van der Waals surface area contributed by atoms with E-state index in [1.54, 1.807) is 32.2 Å². The Bertz CT molecular complexity index is 917. The zero-order chi connectivity index (χ0) is 22.1. The lowest BCUT2D eigenvalue weighted by Crippen LogP contribution is -2.30. The third kappa shape index (κ3) is 7.84. The van der Waals surface area contributed by atoms with Gasteiger partial charge in [0.05, 0.1) is 11.6 Å². The summed E-state index contributed by atoms with van der Waals surface area (Å²) in [5.41, 5.74) is 0.625. The average Bonchev–Trinajstić information content (AvgIpc) is 3.18. The molecule has 0 aromatic carbocycles. The van der Waals surface area contributed by atoms with E-state index < -0.39 is 5.72 Å². The molecule has 9 heteroatoms. The SMILES string of the molecule is CC(C)(O)Nc1cc(-c2c[nH]c(C(=O)NCCO)c2)c(Cl)cn1.ClC1=CC=CCC1. The lowest BCUT2D eigenvalue weighted by atomic mass is 10.1. The van der Waals surface area contributed by atoms with E-state index in [4.69, 9.17) is 28.3 Å². The topological polar surface area (TPSA) is 110 Å². The predicted octanol–water partition coefficient (Wildman–Crippen LogP) is 4.05. The van der Waals surface area contributed by atoms with Crippen molar-refractivity contribution < 1.29 is 15.0 Å². The van der Waals surface area contributed by atoms with Crippen molar-refractivity contribution in [3.05, 3.63) is 58.5 Å². The highest BCUT2D eigenvalue weighted by Crippen LogP contribution is 2.30. The first-order valence-electron chi connectivity index (χ1n) is 9.45. The standard InChI is InChI=1S/C15H19ClN4O3.C6H7Cl/c1-15(2,23)20-13-6-10(11(16)8-19-13)9-5-12(18-7-9)14(22)17-3-4-21;7-6-4-2-1-3-5-6/h5-8,18,21,23H,3-4H2,1-2H3,(H,17,22)(H,19,20);1-2,4H,3,5H2. The van der Waals surface area contributed by atoms with Crippen LogP contribution in [-0.4, -0.2) is 45.0 Å². The molecule has 0 unspecified atom stereocenters. The quantitative estimate of drug-likeness (QED) is 0.424. The molecule has 7 nitrogen and oxygen atoms in total. The van der Waals surface area contributed by atoms with E-state index in [0.717, 1.165) is 17.9 Å². The summed E-state index contributed by atoms with van der Waals surface area (Å²) in [6.07, 6.45) is 11.3. The van der Waals surface area contributed by atoms with Crippen molar-refractivity contribution in [3.8, 4) is 11.1 Å². The van der Waals surface area contributed by atoms with Gasteiger partial charge in [0.1, 0.15) is 17.2 Å². The molecular weight excluding hydrogens is 427 g/mol. The molecule has 0 aliphatic heterocycles. The number of carbonyl (C=O) groups is 1. The number of amides is 1. The van der Waals surface area contributed by atoms with Crippen molar-refractivity contribution >= 4 is 34.9 Å². The lowest BCUT2D eigenvalue weighted by Gasteiger charge is -2.20. The molecule has 2 aromatic rings. The van der Waals surface area contributed by atoms with Crippen molar-refractivity contribution in [2.24, 2.45) is 0 Å². The molecule has 162 valence electrons. The highest BCUT2D eigenvalue weighted by molar-refractivity contribution is 6.33. The third-order valence-electron chi connectivity index (χ3n) is 3.89. The Morgan fingerprint density at radius 1 is 1.33 bits per heavy atom. The molecule has 0 spiro atoms. The summed E-state index contributed by atoms with van der Waals surface area (Å²) < 4.78 is 0. The molecule has 3 rings (SSSR count). The van der Waals surface area contributed by atoms with Crippen LogP contribution in [0.1, 0.15) is 37.2 Å². The molecule has 5 N–H and O–H groups in total. The van der Waals surface area contributed by atoms with Crippen molar-refractivity contribution in [2.45, 2.75) is 32.4 Å². The largest absolute Gasteiger partial charge is 0.395 e. The van der Waals surface area contributed by atoms with Crippen LogP contribution in [0.5, 0.6) is 0 Å². The third-order valence-corrected chi connectivity index (χ3v) is 4.50. The van der Waals surface area contributed by atoms with Crippen LogP contribution in [0.3, 0.4) is 0 Å². The number of halogens is 2. The second-order valence-electron chi connectivity index (χ2n) is 7.10. The van der Waals surface area contributed by atoms with Crippen LogP contribution in [-0.2, 0) is 0 Å². The fraction of sp³-hybridized carbons (Fsp3) is 0.333. The smallest absolute Gasteiger partial charge is 0.267 e. The maximum absolute atomic E-state index is 11.8. The number of pyridine rings is 1. The first kappa shape index (κ1) is 24.0. The molecule has 1 amide bonds.